The third kappa shape index (κ3) is 1.95. The van der Waals surface area contributed by atoms with Gasteiger partial charge in [-0.2, -0.15) is 0 Å². The van der Waals surface area contributed by atoms with Gasteiger partial charge in [0.05, 0.1) is 5.52 Å². The van der Waals surface area contributed by atoms with Crippen LogP contribution in [0.25, 0.3) is 10.9 Å². The average Bonchev–Trinajstić information content (AvgIpc) is 2.29. The fourth-order valence-electron chi connectivity index (χ4n) is 1.34. The van der Waals surface area contributed by atoms with Crippen LogP contribution in [0.15, 0.2) is 36.5 Å². The summed E-state index contributed by atoms with van der Waals surface area (Å²) in [6, 6.07) is 9.22. The first-order chi connectivity index (χ1) is 7.68. The van der Waals surface area contributed by atoms with Gasteiger partial charge in [0.15, 0.2) is 0 Å². The van der Waals surface area contributed by atoms with E-state index in [-0.39, 0.29) is 0 Å². The number of hydrogen-bond acceptors (Lipinski definition) is 3. The van der Waals surface area contributed by atoms with Crippen molar-refractivity contribution in [3.63, 3.8) is 0 Å². The van der Waals surface area contributed by atoms with Gasteiger partial charge in [-0.05, 0) is 18.2 Å². The third-order valence-electron chi connectivity index (χ3n) is 2.17. The fourth-order valence-corrected chi connectivity index (χ4v) is 1.34. The molecule has 1 heterocycles. The van der Waals surface area contributed by atoms with E-state index in [9.17, 15) is 4.79 Å². The van der Waals surface area contributed by atoms with E-state index in [0.29, 0.717) is 5.75 Å². The summed E-state index contributed by atoms with van der Waals surface area (Å²) in [7, 11) is 3.29. The Kier molecular flexibility index (Phi) is 2.72. The van der Waals surface area contributed by atoms with E-state index in [1.807, 2.05) is 24.3 Å². The van der Waals surface area contributed by atoms with Crippen molar-refractivity contribution in [2.24, 2.45) is 0 Å². The third-order valence-corrected chi connectivity index (χ3v) is 2.17. The lowest BCUT2D eigenvalue weighted by molar-refractivity contribution is 0.172. The molecular weight excluding hydrogens is 204 g/mol. The maximum Gasteiger partial charge on any atom is 0.414 e. The summed E-state index contributed by atoms with van der Waals surface area (Å²) >= 11 is 0. The molecule has 0 saturated heterocycles. The molecule has 0 aliphatic rings. The van der Waals surface area contributed by atoms with Crippen LogP contribution in [0.1, 0.15) is 0 Å². The maximum atomic E-state index is 11.4. The minimum absolute atomic E-state index is 0.392. The zero-order valence-corrected chi connectivity index (χ0v) is 9.18. The zero-order chi connectivity index (χ0) is 11.5. The summed E-state index contributed by atoms with van der Waals surface area (Å²) in [4.78, 5) is 17.0. The maximum absolute atomic E-state index is 11.4. The van der Waals surface area contributed by atoms with E-state index < -0.39 is 6.09 Å². The van der Waals surface area contributed by atoms with Crippen LogP contribution in [-0.2, 0) is 0 Å². The summed E-state index contributed by atoms with van der Waals surface area (Å²) in [6.07, 6.45) is 1.23. The summed E-state index contributed by atoms with van der Waals surface area (Å²) in [5, 5.41) is 0.834. The SMILES string of the molecule is CN(C)C(=O)Oc1ccnc2ccccc12. The number of hydrogen-bond donors (Lipinski definition) is 0. The number of benzene rings is 1. The van der Waals surface area contributed by atoms with Crippen LogP contribution in [0.4, 0.5) is 4.79 Å². The minimum Gasteiger partial charge on any atom is -0.409 e. The molecule has 0 spiro atoms. The summed E-state index contributed by atoms with van der Waals surface area (Å²) < 4.78 is 5.24. The topological polar surface area (TPSA) is 42.4 Å². The van der Waals surface area contributed by atoms with E-state index in [4.69, 9.17) is 4.74 Å². The lowest BCUT2D eigenvalue weighted by Gasteiger charge is -2.11. The average molecular weight is 216 g/mol. The Labute approximate surface area is 93.5 Å². The lowest BCUT2D eigenvalue weighted by Crippen LogP contribution is -2.25. The highest BCUT2D eigenvalue weighted by atomic mass is 16.6. The summed E-state index contributed by atoms with van der Waals surface area (Å²) in [5.41, 5.74) is 0.812. The first kappa shape index (κ1) is 10.4. The highest BCUT2D eigenvalue weighted by molar-refractivity contribution is 5.87. The van der Waals surface area contributed by atoms with Gasteiger partial charge in [-0.3, -0.25) is 4.98 Å². The van der Waals surface area contributed by atoms with Crippen LogP contribution in [0.5, 0.6) is 5.75 Å². The Bertz CT molecular complexity index is 518. The molecule has 2 rings (SSSR count). The van der Waals surface area contributed by atoms with Crippen molar-refractivity contribution in [1.29, 1.82) is 0 Å². The van der Waals surface area contributed by atoms with Crippen LogP contribution in [0, 0.1) is 0 Å². The largest absolute Gasteiger partial charge is 0.414 e. The van der Waals surface area contributed by atoms with Crippen LogP contribution in [0.3, 0.4) is 0 Å². The standard InChI is InChI=1S/C12H12N2O2/c1-14(2)12(15)16-11-7-8-13-10-6-4-3-5-9(10)11/h3-8H,1-2H3. The Morgan fingerprint density at radius 3 is 2.75 bits per heavy atom. The van der Waals surface area contributed by atoms with Gasteiger partial charge in [-0.1, -0.05) is 12.1 Å². The second kappa shape index (κ2) is 4.18. The molecule has 4 nitrogen and oxygen atoms in total. The van der Waals surface area contributed by atoms with Gasteiger partial charge in [0.2, 0.25) is 0 Å². The van der Waals surface area contributed by atoms with E-state index in [1.165, 1.54) is 4.90 Å². The van der Waals surface area contributed by atoms with Crippen molar-refractivity contribution in [2.45, 2.75) is 0 Å². The number of para-hydroxylation sites is 1. The van der Waals surface area contributed by atoms with Crippen molar-refractivity contribution >= 4 is 17.0 Å². The fraction of sp³-hybridized carbons (Fsp3) is 0.167. The molecule has 0 fully saturated rings. The first-order valence-electron chi connectivity index (χ1n) is 4.91. The molecule has 1 amide bonds. The predicted octanol–water partition coefficient (Wildman–Crippen LogP) is 2.30. The van der Waals surface area contributed by atoms with Crippen molar-refractivity contribution in [1.82, 2.24) is 9.88 Å². The Morgan fingerprint density at radius 1 is 1.25 bits per heavy atom. The van der Waals surface area contributed by atoms with Crippen molar-refractivity contribution in [2.75, 3.05) is 14.1 Å². The zero-order valence-electron chi connectivity index (χ0n) is 9.18. The lowest BCUT2D eigenvalue weighted by atomic mass is 10.2. The molecule has 1 aromatic heterocycles. The van der Waals surface area contributed by atoms with Crippen LogP contribution < -0.4 is 4.74 Å². The molecule has 0 aliphatic heterocycles. The summed E-state index contributed by atoms with van der Waals surface area (Å²) in [6.45, 7) is 0. The molecule has 0 aliphatic carbocycles. The highest BCUT2D eigenvalue weighted by Crippen LogP contribution is 2.23. The molecule has 82 valence electrons. The normalized spacial score (nSPS) is 10.1. The van der Waals surface area contributed by atoms with Crippen molar-refractivity contribution in [3.8, 4) is 5.75 Å². The molecule has 0 unspecified atom stereocenters. The first-order valence-corrected chi connectivity index (χ1v) is 4.91. The quantitative estimate of drug-likeness (QED) is 0.734. The number of fused-ring (bicyclic) bond motifs is 1. The Morgan fingerprint density at radius 2 is 2.00 bits per heavy atom. The second-order valence-electron chi connectivity index (χ2n) is 3.59. The molecule has 0 radical (unpaired) electrons. The molecule has 4 heteroatoms. The minimum atomic E-state index is -0.392. The summed E-state index contributed by atoms with van der Waals surface area (Å²) in [5.74, 6) is 0.532. The van der Waals surface area contributed by atoms with E-state index >= 15 is 0 Å². The van der Waals surface area contributed by atoms with Crippen LogP contribution in [0.2, 0.25) is 0 Å². The molecule has 0 atom stereocenters. The number of carbonyl (C=O) groups excluding carboxylic acids is 1. The Balaban J connectivity index is 2.41. The van der Waals surface area contributed by atoms with Gasteiger partial charge in [0.25, 0.3) is 0 Å². The number of amides is 1. The highest BCUT2D eigenvalue weighted by Gasteiger charge is 2.09. The van der Waals surface area contributed by atoms with Gasteiger partial charge >= 0.3 is 6.09 Å². The molecule has 16 heavy (non-hydrogen) atoms. The van der Waals surface area contributed by atoms with E-state index in [2.05, 4.69) is 4.98 Å². The molecule has 0 N–H and O–H groups in total. The van der Waals surface area contributed by atoms with Gasteiger partial charge in [-0.15, -0.1) is 0 Å². The van der Waals surface area contributed by atoms with Gasteiger partial charge in [0.1, 0.15) is 5.75 Å². The Hall–Kier alpha value is -2.10. The van der Waals surface area contributed by atoms with Crippen molar-refractivity contribution in [3.05, 3.63) is 36.5 Å². The van der Waals surface area contributed by atoms with Gasteiger partial charge in [-0.25, -0.2) is 4.79 Å². The molecule has 2 aromatic rings. The number of aromatic nitrogens is 1. The predicted molar refractivity (Wildman–Crippen MR) is 61.5 cm³/mol. The van der Waals surface area contributed by atoms with Gasteiger partial charge < -0.3 is 9.64 Å². The number of carbonyl (C=O) groups is 1. The van der Waals surface area contributed by atoms with Crippen molar-refractivity contribution < 1.29 is 9.53 Å². The molecule has 1 aromatic carbocycles. The molecule has 0 saturated carbocycles. The van der Waals surface area contributed by atoms with Crippen LogP contribution in [-0.4, -0.2) is 30.1 Å². The second-order valence-corrected chi connectivity index (χ2v) is 3.59. The molecular formula is C12H12N2O2. The number of pyridine rings is 1. The number of ether oxygens (including phenoxy) is 1. The van der Waals surface area contributed by atoms with Crippen LogP contribution >= 0.6 is 0 Å². The number of nitrogens with zero attached hydrogens (tertiary/aromatic N) is 2. The monoisotopic (exact) mass is 216 g/mol. The smallest absolute Gasteiger partial charge is 0.409 e. The van der Waals surface area contributed by atoms with E-state index in [0.717, 1.165) is 10.9 Å². The van der Waals surface area contributed by atoms with Gasteiger partial charge in [0, 0.05) is 25.7 Å². The van der Waals surface area contributed by atoms with E-state index in [1.54, 1.807) is 26.4 Å². The molecule has 0 bridgehead atoms. The number of rotatable bonds is 1.